The van der Waals surface area contributed by atoms with Crippen LogP contribution >= 0.6 is 0 Å². The molecule has 0 radical (unpaired) electrons. The lowest BCUT2D eigenvalue weighted by atomic mass is 9.61. The zero-order valence-corrected chi connectivity index (χ0v) is 11.5. The smallest absolute Gasteiger partial charge is 0.0585 e. The van der Waals surface area contributed by atoms with Gasteiger partial charge < -0.3 is 10.5 Å². The predicted molar refractivity (Wildman–Crippen MR) is 70.7 cm³/mol. The van der Waals surface area contributed by atoms with Crippen molar-refractivity contribution in [1.29, 1.82) is 0 Å². The first-order valence-corrected chi connectivity index (χ1v) is 7.17. The molecule has 2 fully saturated rings. The molecule has 2 N–H and O–H groups in total. The molecule has 17 heavy (non-hydrogen) atoms. The summed E-state index contributed by atoms with van der Waals surface area (Å²) in [5.74, 6) is 0.761. The Kier molecular flexibility index (Phi) is 4.45. The van der Waals surface area contributed by atoms with Gasteiger partial charge in [-0.1, -0.05) is 13.8 Å². The van der Waals surface area contributed by atoms with E-state index in [4.69, 9.17) is 10.5 Å². The van der Waals surface area contributed by atoms with Gasteiger partial charge in [0.15, 0.2) is 0 Å². The third-order valence-electron chi connectivity index (χ3n) is 4.55. The minimum Gasteiger partial charge on any atom is -0.378 e. The van der Waals surface area contributed by atoms with Crippen molar-refractivity contribution in [3.63, 3.8) is 0 Å². The number of nitrogens with two attached hydrogens (primary N) is 1. The topological polar surface area (TPSA) is 38.5 Å². The lowest BCUT2D eigenvalue weighted by Gasteiger charge is -2.51. The molecule has 1 spiro atoms. The molecule has 1 saturated carbocycles. The van der Waals surface area contributed by atoms with E-state index in [0.29, 0.717) is 11.5 Å². The Morgan fingerprint density at radius 3 is 2.47 bits per heavy atom. The molecule has 0 atom stereocenters. The van der Waals surface area contributed by atoms with Crippen LogP contribution in [0.4, 0.5) is 0 Å². The van der Waals surface area contributed by atoms with Crippen LogP contribution in [0.25, 0.3) is 0 Å². The molecule has 0 aromatic carbocycles. The molecule has 3 nitrogen and oxygen atoms in total. The summed E-state index contributed by atoms with van der Waals surface area (Å²) in [5.41, 5.74) is 6.29. The summed E-state index contributed by atoms with van der Waals surface area (Å²) in [5, 5.41) is 0. The van der Waals surface area contributed by atoms with Gasteiger partial charge in [0.1, 0.15) is 0 Å². The lowest BCUT2D eigenvalue weighted by Crippen LogP contribution is -2.50. The van der Waals surface area contributed by atoms with E-state index in [9.17, 15) is 0 Å². The van der Waals surface area contributed by atoms with Gasteiger partial charge in [-0.3, -0.25) is 4.90 Å². The molecular weight excluding hydrogens is 212 g/mol. The maximum atomic E-state index is 5.93. The molecule has 1 saturated heterocycles. The van der Waals surface area contributed by atoms with Gasteiger partial charge in [-0.05, 0) is 56.5 Å². The molecule has 2 aliphatic rings. The van der Waals surface area contributed by atoms with Crippen molar-refractivity contribution in [2.45, 2.75) is 52.1 Å². The number of nitrogens with zero attached hydrogens (tertiary/aromatic N) is 1. The summed E-state index contributed by atoms with van der Waals surface area (Å²) in [4.78, 5) is 2.36. The standard InChI is InChI=1S/C14H28N2O/c1-12(2)3-8-17-13-9-14(10-13)4-6-16(11-15)7-5-14/h12-13H,3-11,15H2,1-2H3. The van der Waals surface area contributed by atoms with Crippen molar-refractivity contribution < 1.29 is 4.74 Å². The highest BCUT2D eigenvalue weighted by Crippen LogP contribution is 2.50. The molecule has 1 aliphatic heterocycles. The first-order chi connectivity index (χ1) is 8.13. The van der Waals surface area contributed by atoms with Crippen molar-refractivity contribution in [2.24, 2.45) is 17.1 Å². The average Bonchev–Trinajstić information content (AvgIpc) is 2.27. The summed E-state index contributed by atoms with van der Waals surface area (Å²) >= 11 is 0. The molecule has 0 bridgehead atoms. The maximum absolute atomic E-state index is 5.93. The minimum absolute atomic E-state index is 0.554. The van der Waals surface area contributed by atoms with Crippen molar-refractivity contribution in [1.82, 2.24) is 4.90 Å². The van der Waals surface area contributed by atoms with E-state index >= 15 is 0 Å². The van der Waals surface area contributed by atoms with E-state index in [-0.39, 0.29) is 0 Å². The van der Waals surface area contributed by atoms with E-state index in [1.54, 1.807) is 0 Å². The molecule has 0 aromatic rings. The second kappa shape index (κ2) is 5.68. The molecule has 3 heteroatoms. The highest BCUT2D eigenvalue weighted by Gasteiger charge is 2.46. The van der Waals surface area contributed by atoms with E-state index in [2.05, 4.69) is 18.7 Å². The van der Waals surface area contributed by atoms with Gasteiger partial charge in [-0.2, -0.15) is 0 Å². The van der Waals surface area contributed by atoms with Crippen LogP contribution in [0.15, 0.2) is 0 Å². The van der Waals surface area contributed by atoms with Crippen molar-refractivity contribution >= 4 is 0 Å². The van der Waals surface area contributed by atoms with Gasteiger partial charge in [-0.15, -0.1) is 0 Å². The molecule has 0 amide bonds. The predicted octanol–water partition coefficient (Wildman–Crippen LogP) is 2.21. The first kappa shape index (κ1) is 13.3. The summed E-state index contributed by atoms with van der Waals surface area (Å²) in [7, 11) is 0. The number of hydrogen-bond acceptors (Lipinski definition) is 3. The Labute approximate surface area is 106 Å². The second-order valence-electron chi connectivity index (χ2n) is 6.38. The Hall–Kier alpha value is -0.120. The molecule has 0 unspecified atom stereocenters. The average molecular weight is 240 g/mol. The lowest BCUT2D eigenvalue weighted by molar-refractivity contribution is -0.106. The fourth-order valence-corrected chi connectivity index (χ4v) is 3.11. The number of likely N-dealkylation sites (tertiary alicyclic amines) is 1. The highest BCUT2D eigenvalue weighted by molar-refractivity contribution is 4.97. The Morgan fingerprint density at radius 2 is 1.94 bits per heavy atom. The van der Waals surface area contributed by atoms with Gasteiger partial charge in [0.2, 0.25) is 0 Å². The SMILES string of the molecule is CC(C)CCOC1CC2(CCN(CN)CC2)C1. The molecule has 100 valence electrons. The molecule has 1 heterocycles. The van der Waals surface area contributed by atoms with Crippen LogP contribution in [0.1, 0.15) is 46.0 Å². The Bertz CT molecular complexity index is 226. The van der Waals surface area contributed by atoms with Crippen LogP contribution in [-0.2, 0) is 4.74 Å². The molecular formula is C14H28N2O. The van der Waals surface area contributed by atoms with Gasteiger partial charge in [0.25, 0.3) is 0 Å². The van der Waals surface area contributed by atoms with Crippen LogP contribution in [-0.4, -0.2) is 37.4 Å². The van der Waals surface area contributed by atoms with Crippen molar-refractivity contribution in [3.05, 3.63) is 0 Å². The van der Waals surface area contributed by atoms with E-state index in [1.807, 2.05) is 0 Å². The van der Waals surface area contributed by atoms with E-state index in [1.165, 1.54) is 45.2 Å². The quantitative estimate of drug-likeness (QED) is 0.800. The first-order valence-electron chi connectivity index (χ1n) is 7.17. The Balaban J connectivity index is 1.61. The monoisotopic (exact) mass is 240 g/mol. The number of hydrogen-bond donors (Lipinski definition) is 1. The third-order valence-corrected chi connectivity index (χ3v) is 4.55. The second-order valence-corrected chi connectivity index (χ2v) is 6.38. The van der Waals surface area contributed by atoms with Gasteiger partial charge in [0, 0.05) is 13.3 Å². The van der Waals surface area contributed by atoms with Crippen LogP contribution < -0.4 is 5.73 Å². The summed E-state index contributed by atoms with van der Waals surface area (Å²) in [6.45, 7) is 8.57. The van der Waals surface area contributed by atoms with Crippen molar-refractivity contribution in [2.75, 3.05) is 26.4 Å². The zero-order chi connectivity index (χ0) is 12.3. The number of ether oxygens (including phenoxy) is 1. The third kappa shape index (κ3) is 3.43. The zero-order valence-electron chi connectivity index (χ0n) is 11.5. The van der Waals surface area contributed by atoms with Crippen LogP contribution in [0, 0.1) is 11.3 Å². The van der Waals surface area contributed by atoms with Crippen LogP contribution in [0.2, 0.25) is 0 Å². The van der Waals surface area contributed by atoms with Crippen LogP contribution in [0.3, 0.4) is 0 Å². The minimum atomic E-state index is 0.554. The Morgan fingerprint density at radius 1 is 1.29 bits per heavy atom. The molecule has 0 aromatic heterocycles. The van der Waals surface area contributed by atoms with E-state index < -0.39 is 0 Å². The van der Waals surface area contributed by atoms with Crippen LogP contribution in [0.5, 0.6) is 0 Å². The highest BCUT2D eigenvalue weighted by atomic mass is 16.5. The number of piperidine rings is 1. The fourth-order valence-electron chi connectivity index (χ4n) is 3.11. The van der Waals surface area contributed by atoms with Crippen molar-refractivity contribution in [3.8, 4) is 0 Å². The maximum Gasteiger partial charge on any atom is 0.0585 e. The molecule has 1 aliphatic carbocycles. The summed E-state index contributed by atoms with van der Waals surface area (Å²) < 4.78 is 5.93. The normalized spacial score (nSPS) is 25.4. The number of rotatable bonds is 5. The largest absolute Gasteiger partial charge is 0.378 e. The van der Waals surface area contributed by atoms with Gasteiger partial charge >= 0.3 is 0 Å². The summed E-state index contributed by atoms with van der Waals surface area (Å²) in [6, 6.07) is 0. The van der Waals surface area contributed by atoms with E-state index in [0.717, 1.165) is 19.2 Å². The summed E-state index contributed by atoms with van der Waals surface area (Å²) in [6.07, 6.45) is 7.00. The van der Waals surface area contributed by atoms with Gasteiger partial charge in [-0.25, -0.2) is 0 Å². The molecule has 2 rings (SSSR count). The fraction of sp³-hybridized carbons (Fsp3) is 1.00. The van der Waals surface area contributed by atoms with Gasteiger partial charge in [0.05, 0.1) is 6.10 Å².